The first-order valence-electron chi connectivity index (χ1n) is 10.7. The summed E-state index contributed by atoms with van der Waals surface area (Å²) in [6.45, 7) is 18.1. The number of pyridine rings is 1. The van der Waals surface area contributed by atoms with Gasteiger partial charge in [-0.05, 0) is 60.3 Å². The normalized spacial score (nSPS) is 15.9. The topological polar surface area (TPSA) is 31.4 Å². The molecule has 0 spiro atoms. The van der Waals surface area contributed by atoms with Crippen molar-refractivity contribution in [3.63, 3.8) is 0 Å². The number of hydrogen-bond acceptors (Lipinski definition) is 3. The van der Waals surface area contributed by atoms with E-state index in [1.54, 1.807) is 6.20 Å². The molecule has 0 saturated carbocycles. The van der Waals surface area contributed by atoms with E-state index >= 15 is 0 Å². The highest BCUT2D eigenvalue weighted by Gasteiger charge is 2.47. The maximum absolute atomic E-state index is 6.89. The first-order chi connectivity index (χ1) is 13.6. The molecule has 0 N–H and O–H groups in total. The minimum Gasteiger partial charge on any atom is -0.543 e. The van der Waals surface area contributed by atoms with Crippen LogP contribution in [0.3, 0.4) is 0 Å². The Morgan fingerprint density at radius 3 is 2.17 bits per heavy atom. The maximum Gasteiger partial charge on any atom is 0.258 e. The zero-order chi connectivity index (χ0) is 21.4. The van der Waals surface area contributed by atoms with Gasteiger partial charge in [-0.3, -0.25) is 4.98 Å². The number of nitrogens with zero attached hydrogens (tertiary/aromatic N) is 1. The van der Waals surface area contributed by atoms with Crippen molar-refractivity contribution in [2.24, 2.45) is 0 Å². The number of hydrogen-bond donors (Lipinski definition) is 0. The second-order valence-corrected chi connectivity index (χ2v) is 15.0. The third kappa shape index (κ3) is 4.13. The number of aromatic nitrogens is 1. The number of fused-ring (bicyclic) bond motifs is 1. The molecule has 3 rings (SSSR count). The average molecular weight is 410 g/mol. The fourth-order valence-corrected chi connectivity index (χ4v) is 10.2. The second-order valence-electron chi connectivity index (χ2n) is 9.58. The Labute approximate surface area is 177 Å². The number of ether oxygens (including phenoxy) is 1. The highest BCUT2D eigenvalue weighted by molar-refractivity contribution is 6.78. The van der Waals surface area contributed by atoms with Crippen molar-refractivity contribution in [3.05, 3.63) is 59.9 Å². The van der Waals surface area contributed by atoms with E-state index in [9.17, 15) is 0 Å². The lowest BCUT2D eigenvalue weighted by Gasteiger charge is -2.42. The fraction of sp³-hybridized carbons (Fsp3) is 0.480. The smallest absolute Gasteiger partial charge is 0.258 e. The Balaban J connectivity index is 2.05. The van der Waals surface area contributed by atoms with Crippen LogP contribution in [-0.4, -0.2) is 18.9 Å². The largest absolute Gasteiger partial charge is 0.543 e. The van der Waals surface area contributed by atoms with Crippen LogP contribution in [0.4, 0.5) is 0 Å². The Hall–Kier alpha value is -2.07. The Bertz CT molecular complexity index is 863. The van der Waals surface area contributed by atoms with Gasteiger partial charge in [-0.15, -0.1) is 0 Å². The monoisotopic (exact) mass is 409 g/mol. The van der Waals surface area contributed by atoms with Crippen LogP contribution in [-0.2, 0) is 0 Å². The van der Waals surface area contributed by atoms with Crippen LogP contribution in [0.5, 0.6) is 11.5 Å². The molecule has 2 aromatic rings. The van der Waals surface area contributed by atoms with E-state index in [0.29, 0.717) is 16.6 Å². The Kier molecular flexibility index (Phi) is 5.95. The third-order valence-electron chi connectivity index (χ3n) is 6.08. The lowest BCUT2D eigenvalue weighted by Crippen LogP contribution is -2.50. The summed E-state index contributed by atoms with van der Waals surface area (Å²) < 4.78 is 13.2. The first kappa shape index (κ1) is 21.6. The minimum atomic E-state index is -2.01. The van der Waals surface area contributed by atoms with Gasteiger partial charge in [0.05, 0.1) is 0 Å². The van der Waals surface area contributed by atoms with Gasteiger partial charge < -0.3 is 9.16 Å². The molecule has 2 heterocycles. The molecule has 0 fully saturated rings. The van der Waals surface area contributed by atoms with Crippen molar-refractivity contribution in [2.75, 3.05) is 0 Å². The van der Waals surface area contributed by atoms with Gasteiger partial charge in [0.15, 0.2) is 0 Å². The van der Waals surface area contributed by atoms with Crippen LogP contribution in [0.25, 0.3) is 5.57 Å². The zero-order valence-electron chi connectivity index (χ0n) is 19.1. The van der Waals surface area contributed by atoms with Crippen molar-refractivity contribution < 1.29 is 9.16 Å². The van der Waals surface area contributed by atoms with Crippen molar-refractivity contribution in [1.29, 1.82) is 0 Å². The van der Waals surface area contributed by atoms with E-state index in [4.69, 9.17) is 9.16 Å². The van der Waals surface area contributed by atoms with Gasteiger partial charge in [-0.25, -0.2) is 0 Å². The Morgan fingerprint density at radius 2 is 1.62 bits per heavy atom. The molecule has 1 aromatic carbocycles. The van der Waals surface area contributed by atoms with Gasteiger partial charge in [-0.1, -0.05) is 47.6 Å². The van der Waals surface area contributed by atoms with Crippen molar-refractivity contribution in [1.82, 2.24) is 4.98 Å². The lowest BCUT2D eigenvalue weighted by molar-refractivity contribution is 0.158. The molecule has 1 aliphatic heterocycles. The molecule has 3 nitrogen and oxygen atoms in total. The van der Waals surface area contributed by atoms with E-state index in [0.717, 1.165) is 28.2 Å². The molecule has 29 heavy (non-hydrogen) atoms. The third-order valence-corrected chi connectivity index (χ3v) is 12.1. The van der Waals surface area contributed by atoms with E-state index in [1.807, 2.05) is 12.3 Å². The molecular formula is C25H35NO2Si. The van der Waals surface area contributed by atoms with Crippen molar-refractivity contribution in [2.45, 2.75) is 77.6 Å². The highest BCUT2D eigenvalue weighted by atomic mass is 28.4. The van der Waals surface area contributed by atoms with Crippen LogP contribution in [0, 0.1) is 0 Å². The molecule has 4 heteroatoms. The Morgan fingerprint density at radius 1 is 0.966 bits per heavy atom. The lowest BCUT2D eigenvalue weighted by atomic mass is 9.91. The zero-order valence-corrected chi connectivity index (χ0v) is 20.1. The summed E-state index contributed by atoms with van der Waals surface area (Å²) in [5, 5.41) is 0. The molecule has 0 unspecified atom stereocenters. The van der Waals surface area contributed by atoms with Gasteiger partial charge in [0, 0.05) is 29.6 Å². The van der Waals surface area contributed by atoms with Gasteiger partial charge >= 0.3 is 0 Å². The predicted octanol–water partition coefficient (Wildman–Crippen LogP) is 7.24. The molecule has 1 aromatic heterocycles. The first-order valence-corrected chi connectivity index (χ1v) is 12.9. The van der Waals surface area contributed by atoms with E-state index in [-0.39, 0.29) is 5.60 Å². The molecule has 0 aliphatic carbocycles. The SMILES string of the molecule is CC(C)[Si](Oc1ccc2c(c1)OC(C)(C)C=C2c1cccnc1)(C(C)C)C(C)C. The van der Waals surface area contributed by atoms with Gasteiger partial charge in [0.25, 0.3) is 8.32 Å². The van der Waals surface area contributed by atoms with Gasteiger partial charge in [-0.2, -0.15) is 0 Å². The van der Waals surface area contributed by atoms with Crippen LogP contribution < -0.4 is 9.16 Å². The molecule has 0 bridgehead atoms. The number of benzene rings is 1. The molecule has 0 atom stereocenters. The standard InChI is InChI=1S/C25H35NO2Si/c1-17(2)29(18(3)4,19(5)6)28-21-11-12-22-23(20-10-9-13-26-16-20)15-25(7,8)27-24(22)14-21/h9-19H,1-8H3. The average Bonchev–Trinajstić information content (AvgIpc) is 2.64. The van der Waals surface area contributed by atoms with E-state index in [2.05, 4.69) is 90.7 Å². The van der Waals surface area contributed by atoms with Crippen LogP contribution in [0.15, 0.2) is 48.8 Å². The van der Waals surface area contributed by atoms with Crippen molar-refractivity contribution in [3.8, 4) is 11.5 Å². The van der Waals surface area contributed by atoms with E-state index in [1.165, 1.54) is 0 Å². The molecule has 156 valence electrons. The molecule has 0 radical (unpaired) electrons. The van der Waals surface area contributed by atoms with Gasteiger partial charge in [0.1, 0.15) is 17.1 Å². The highest BCUT2D eigenvalue weighted by Crippen LogP contribution is 2.45. The summed E-state index contributed by atoms with van der Waals surface area (Å²) >= 11 is 0. The van der Waals surface area contributed by atoms with Crippen LogP contribution >= 0.6 is 0 Å². The molecule has 0 amide bonds. The summed E-state index contributed by atoms with van der Waals surface area (Å²) in [6, 6.07) is 10.4. The molecular weight excluding hydrogens is 374 g/mol. The maximum atomic E-state index is 6.89. The summed E-state index contributed by atoms with van der Waals surface area (Å²) in [5.74, 6) is 1.81. The molecule has 1 aliphatic rings. The van der Waals surface area contributed by atoms with Crippen LogP contribution in [0.2, 0.25) is 16.6 Å². The predicted molar refractivity (Wildman–Crippen MR) is 124 cm³/mol. The van der Waals surface area contributed by atoms with Crippen LogP contribution in [0.1, 0.15) is 66.5 Å². The summed E-state index contributed by atoms with van der Waals surface area (Å²) in [5.41, 5.74) is 4.56. The molecule has 0 saturated heterocycles. The summed E-state index contributed by atoms with van der Waals surface area (Å²) in [4.78, 5) is 4.30. The van der Waals surface area contributed by atoms with Crippen molar-refractivity contribution >= 4 is 13.9 Å². The quantitative estimate of drug-likeness (QED) is 0.471. The van der Waals surface area contributed by atoms with E-state index < -0.39 is 8.32 Å². The summed E-state index contributed by atoms with van der Waals surface area (Å²) in [6.07, 6.45) is 5.90. The van der Waals surface area contributed by atoms with Gasteiger partial charge in [0.2, 0.25) is 0 Å². The minimum absolute atomic E-state index is 0.389. The number of rotatable bonds is 6. The second kappa shape index (κ2) is 7.98. The summed E-state index contributed by atoms with van der Waals surface area (Å²) in [7, 11) is -2.01. The fourth-order valence-electron chi connectivity index (χ4n) is 4.93.